The number of nitrogen functional groups attached to an aromatic ring is 1. The first-order valence-electron chi connectivity index (χ1n) is 2.88. The van der Waals surface area contributed by atoms with Crippen LogP contribution in [0.5, 0.6) is 0 Å². The topological polar surface area (TPSA) is 38.9 Å². The first-order valence-corrected chi connectivity index (χ1v) is 3.70. The van der Waals surface area contributed by atoms with E-state index in [9.17, 15) is 0 Å². The number of nitrogens with zero attached hydrogens (tertiary/aromatic N) is 1. The molecular formula is C7H5N2S. The van der Waals surface area contributed by atoms with E-state index in [1.54, 1.807) is 0 Å². The lowest BCUT2D eigenvalue weighted by Gasteiger charge is -1.79. The average molecular weight is 149 g/mol. The second kappa shape index (κ2) is 1.95. The second-order valence-electron chi connectivity index (χ2n) is 1.95. The van der Waals surface area contributed by atoms with Crippen molar-refractivity contribution in [2.24, 2.45) is 0 Å². The lowest BCUT2D eigenvalue weighted by molar-refractivity contribution is 1.50. The minimum Gasteiger partial charge on any atom is -0.375 e. The van der Waals surface area contributed by atoms with Crippen molar-refractivity contribution in [2.45, 2.75) is 0 Å². The number of fused-ring (bicyclic) bond motifs is 1. The molecule has 2 nitrogen and oxygen atoms in total. The van der Waals surface area contributed by atoms with Gasteiger partial charge in [-0.1, -0.05) is 17.4 Å². The fraction of sp³-hybridized carbons (Fsp3) is 0. The first-order chi connectivity index (χ1) is 4.86. The third kappa shape index (κ3) is 0.752. The van der Waals surface area contributed by atoms with E-state index in [1.165, 1.54) is 11.3 Å². The van der Waals surface area contributed by atoms with Gasteiger partial charge in [0.15, 0.2) is 5.13 Å². The van der Waals surface area contributed by atoms with Crippen molar-refractivity contribution in [3.63, 3.8) is 0 Å². The summed E-state index contributed by atoms with van der Waals surface area (Å²) in [7, 11) is 0. The van der Waals surface area contributed by atoms with E-state index in [0.717, 1.165) is 10.2 Å². The van der Waals surface area contributed by atoms with Crippen LogP contribution in [0.25, 0.3) is 10.2 Å². The number of thiazole rings is 1. The fourth-order valence-electron chi connectivity index (χ4n) is 0.835. The molecule has 1 radical (unpaired) electrons. The molecule has 0 amide bonds. The maximum absolute atomic E-state index is 5.48. The Balaban J connectivity index is 2.88. The van der Waals surface area contributed by atoms with Gasteiger partial charge in [-0.3, -0.25) is 0 Å². The predicted octanol–water partition coefficient (Wildman–Crippen LogP) is 1.68. The Morgan fingerprint density at radius 3 is 3.30 bits per heavy atom. The van der Waals surface area contributed by atoms with Crippen molar-refractivity contribution in [1.82, 2.24) is 4.98 Å². The normalized spacial score (nSPS) is 10.4. The largest absolute Gasteiger partial charge is 0.375 e. The highest BCUT2D eigenvalue weighted by molar-refractivity contribution is 7.22. The Bertz CT molecular complexity index is 320. The summed E-state index contributed by atoms with van der Waals surface area (Å²) in [6.07, 6.45) is 0. The van der Waals surface area contributed by atoms with E-state index in [-0.39, 0.29) is 0 Å². The van der Waals surface area contributed by atoms with E-state index < -0.39 is 0 Å². The summed E-state index contributed by atoms with van der Waals surface area (Å²) in [4.78, 5) is 4.09. The zero-order valence-corrected chi connectivity index (χ0v) is 5.98. The van der Waals surface area contributed by atoms with Gasteiger partial charge in [-0.25, -0.2) is 4.98 Å². The van der Waals surface area contributed by atoms with Crippen molar-refractivity contribution in [2.75, 3.05) is 5.73 Å². The Morgan fingerprint density at radius 2 is 2.50 bits per heavy atom. The van der Waals surface area contributed by atoms with Gasteiger partial charge in [0, 0.05) is 0 Å². The van der Waals surface area contributed by atoms with Gasteiger partial charge >= 0.3 is 0 Å². The average Bonchev–Trinajstić information content (AvgIpc) is 2.27. The van der Waals surface area contributed by atoms with Crippen LogP contribution in [0.15, 0.2) is 18.2 Å². The monoisotopic (exact) mass is 149 g/mol. The minimum absolute atomic E-state index is 0.620. The van der Waals surface area contributed by atoms with Crippen LogP contribution in [0, 0.1) is 6.07 Å². The van der Waals surface area contributed by atoms with Crippen LogP contribution in [0.4, 0.5) is 5.13 Å². The standard InChI is InChI=1S/C7H5N2S/c8-7-9-5-3-1-2-4-6(5)10-7/h1,3-4H,(H2,8,9). The molecular weight excluding hydrogens is 144 g/mol. The van der Waals surface area contributed by atoms with E-state index in [4.69, 9.17) is 5.73 Å². The molecule has 0 saturated heterocycles. The maximum Gasteiger partial charge on any atom is 0.181 e. The summed E-state index contributed by atoms with van der Waals surface area (Å²) in [5.41, 5.74) is 6.44. The number of hydrogen-bond acceptors (Lipinski definition) is 3. The quantitative estimate of drug-likeness (QED) is 0.619. The van der Waals surface area contributed by atoms with Gasteiger partial charge in [0.05, 0.1) is 10.2 Å². The molecule has 0 bridgehead atoms. The van der Waals surface area contributed by atoms with Crippen LogP contribution in [-0.4, -0.2) is 4.98 Å². The molecule has 0 saturated carbocycles. The van der Waals surface area contributed by atoms with Crippen LogP contribution in [0.1, 0.15) is 0 Å². The Hall–Kier alpha value is -1.09. The molecule has 2 aromatic rings. The van der Waals surface area contributed by atoms with Gasteiger partial charge in [-0.15, -0.1) is 0 Å². The van der Waals surface area contributed by atoms with Crippen LogP contribution < -0.4 is 5.73 Å². The van der Waals surface area contributed by atoms with Crippen molar-refractivity contribution < 1.29 is 0 Å². The summed E-state index contributed by atoms with van der Waals surface area (Å²) < 4.78 is 1.10. The molecule has 2 rings (SSSR count). The molecule has 0 fully saturated rings. The molecule has 10 heavy (non-hydrogen) atoms. The highest BCUT2D eigenvalue weighted by Crippen LogP contribution is 2.21. The second-order valence-corrected chi connectivity index (χ2v) is 3.01. The Labute approximate surface area is 62.3 Å². The van der Waals surface area contributed by atoms with E-state index in [2.05, 4.69) is 11.1 Å². The summed E-state index contributed by atoms with van der Waals surface area (Å²) in [5.74, 6) is 0. The molecule has 3 heteroatoms. The minimum atomic E-state index is 0.620. The highest BCUT2D eigenvalue weighted by Gasteiger charge is 1.96. The molecule has 0 spiro atoms. The number of anilines is 1. The van der Waals surface area contributed by atoms with Crippen molar-refractivity contribution in [1.29, 1.82) is 0 Å². The summed E-state index contributed by atoms with van der Waals surface area (Å²) in [6, 6.07) is 8.60. The van der Waals surface area contributed by atoms with Gasteiger partial charge in [0.2, 0.25) is 0 Å². The van der Waals surface area contributed by atoms with Crippen molar-refractivity contribution in [3.05, 3.63) is 24.3 Å². The molecule has 1 heterocycles. The van der Waals surface area contributed by atoms with Crippen LogP contribution in [0.2, 0.25) is 0 Å². The van der Waals surface area contributed by atoms with Crippen molar-refractivity contribution in [3.8, 4) is 0 Å². The summed E-state index contributed by atoms with van der Waals surface area (Å²) >= 11 is 1.49. The number of hydrogen-bond donors (Lipinski definition) is 1. The molecule has 1 aromatic heterocycles. The van der Waals surface area contributed by atoms with Crippen molar-refractivity contribution >= 4 is 26.7 Å². The maximum atomic E-state index is 5.48. The molecule has 0 aliphatic rings. The van der Waals surface area contributed by atoms with Crippen LogP contribution >= 0.6 is 11.3 Å². The van der Waals surface area contributed by atoms with Gasteiger partial charge in [0.1, 0.15) is 0 Å². The number of benzene rings is 1. The molecule has 0 unspecified atom stereocenters. The zero-order valence-electron chi connectivity index (χ0n) is 5.16. The third-order valence-electron chi connectivity index (χ3n) is 1.25. The molecule has 49 valence electrons. The Morgan fingerprint density at radius 1 is 1.60 bits per heavy atom. The lowest BCUT2D eigenvalue weighted by atomic mass is 10.3. The van der Waals surface area contributed by atoms with Gasteiger partial charge < -0.3 is 5.73 Å². The molecule has 0 atom stereocenters. The van der Waals surface area contributed by atoms with Crippen LogP contribution in [-0.2, 0) is 0 Å². The van der Waals surface area contributed by atoms with Gasteiger partial charge in [-0.05, 0) is 18.2 Å². The van der Waals surface area contributed by atoms with Gasteiger partial charge in [0.25, 0.3) is 0 Å². The summed E-state index contributed by atoms with van der Waals surface area (Å²) in [5, 5.41) is 0.620. The highest BCUT2D eigenvalue weighted by atomic mass is 32.1. The van der Waals surface area contributed by atoms with Gasteiger partial charge in [-0.2, -0.15) is 0 Å². The summed E-state index contributed by atoms with van der Waals surface area (Å²) in [6.45, 7) is 0. The SMILES string of the molecule is Nc1nc2cc[c]cc2s1. The molecule has 0 aliphatic heterocycles. The molecule has 0 aliphatic carbocycles. The predicted molar refractivity (Wildman–Crippen MR) is 42.9 cm³/mol. The van der Waals surface area contributed by atoms with Crippen LogP contribution in [0.3, 0.4) is 0 Å². The smallest absolute Gasteiger partial charge is 0.181 e. The van der Waals surface area contributed by atoms with E-state index >= 15 is 0 Å². The lowest BCUT2D eigenvalue weighted by Crippen LogP contribution is -1.78. The van der Waals surface area contributed by atoms with E-state index in [1.807, 2.05) is 18.2 Å². The molecule has 2 N–H and O–H groups in total. The zero-order chi connectivity index (χ0) is 6.97. The Kier molecular flexibility index (Phi) is 1.11. The number of aromatic nitrogens is 1. The third-order valence-corrected chi connectivity index (χ3v) is 2.10. The number of rotatable bonds is 0. The first kappa shape index (κ1) is 5.68. The fourth-order valence-corrected chi connectivity index (χ4v) is 1.55. The molecule has 1 aromatic carbocycles. The number of nitrogens with two attached hydrogens (primary N) is 1. The van der Waals surface area contributed by atoms with E-state index in [0.29, 0.717) is 5.13 Å².